The molecule has 1 heterocycles. The fourth-order valence-electron chi connectivity index (χ4n) is 2.34. The Balaban J connectivity index is 2.13. The molecule has 0 spiro atoms. The van der Waals surface area contributed by atoms with Gasteiger partial charge in [-0.05, 0) is 19.1 Å². The third-order valence-electron chi connectivity index (χ3n) is 3.66. The van der Waals surface area contributed by atoms with Crippen molar-refractivity contribution in [2.75, 3.05) is 32.2 Å². The Bertz CT molecular complexity index is 793. The maximum atomic E-state index is 12.6. The van der Waals surface area contributed by atoms with Crippen LogP contribution in [0.1, 0.15) is 29.9 Å². The lowest BCUT2D eigenvalue weighted by Gasteiger charge is -2.16. The van der Waals surface area contributed by atoms with Gasteiger partial charge in [0.25, 0.3) is 0 Å². The van der Waals surface area contributed by atoms with Gasteiger partial charge in [0.2, 0.25) is 11.8 Å². The molecule has 2 amide bonds. The number of amides is 2. The summed E-state index contributed by atoms with van der Waals surface area (Å²) in [5.41, 5.74) is 0.567. The number of nitrogens with one attached hydrogen (secondary N) is 2. The van der Waals surface area contributed by atoms with Gasteiger partial charge in [0.05, 0.1) is 25.8 Å². The second kappa shape index (κ2) is 10.8. The van der Waals surface area contributed by atoms with Gasteiger partial charge in [-0.1, -0.05) is 23.4 Å². The minimum absolute atomic E-state index is 0.0417. The summed E-state index contributed by atoms with van der Waals surface area (Å²) in [5, 5.41) is 12.9. The average molecular weight is 389 g/mol. The Morgan fingerprint density at radius 2 is 1.96 bits per heavy atom. The molecule has 150 valence electrons. The maximum Gasteiger partial charge on any atom is 0.360 e. The summed E-state index contributed by atoms with van der Waals surface area (Å²) in [6.45, 7) is 2.44. The van der Waals surface area contributed by atoms with E-state index in [9.17, 15) is 14.4 Å². The number of carbonyl (C=O) groups excluding carboxylic acids is 3. The summed E-state index contributed by atoms with van der Waals surface area (Å²) in [6, 6.07) is 7.88. The summed E-state index contributed by atoms with van der Waals surface area (Å²) in [7, 11) is 1.51. The lowest BCUT2D eigenvalue weighted by Crippen LogP contribution is -2.36. The smallest absolute Gasteiger partial charge is 0.360 e. The Morgan fingerprint density at radius 3 is 2.64 bits per heavy atom. The number of nitrogens with zero attached hydrogens (tertiary/aromatic N) is 3. The van der Waals surface area contributed by atoms with E-state index in [0.29, 0.717) is 12.3 Å². The first kappa shape index (κ1) is 21.0. The van der Waals surface area contributed by atoms with Gasteiger partial charge in [-0.2, -0.15) is 0 Å². The van der Waals surface area contributed by atoms with Gasteiger partial charge in [-0.3, -0.25) is 9.59 Å². The van der Waals surface area contributed by atoms with Gasteiger partial charge in [-0.25, -0.2) is 9.48 Å². The number of aromatic nitrogens is 3. The first-order valence-corrected chi connectivity index (χ1v) is 8.75. The molecule has 0 fully saturated rings. The second-order valence-electron chi connectivity index (χ2n) is 5.72. The lowest BCUT2D eigenvalue weighted by atomic mass is 10.1. The van der Waals surface area contributed by atoms with Crippen molar-refractivity contribution in [3.63, 3.8) is 0 Å². The summed E-state index contributed by atoms with van der Waals surface area (Å²) in [6.07, 6.45) is 1.09. The van der Waals surface area contributed by atoms with Crippen molar-refractivity contribution in [3.05, 3.63) is 42.2 Å². The van der Waals surface area contributed by atoms with Crippen LogP contribution in [0.4, 0.5) is 5.69 Å². The normalized spacial score (nSPS) is 11.5. The summed E-state index contributed by atoms with van der Waals surface area (Å²) in [4.78, 5) is 36.8. The Morgan fingerprint density at radius 1 is 1.21 bits per heavy atom. The predicted molar refractivity (Wildman–Crippen MR) is 99.6 cm³/mol. The van der Waals surface area contributed by atoms with E-state index in [0.717, 1.165) is 0 Å². The van der Waals surface area contributed by atoms with Crippen molar-refractivity contribution in [1.29, 1.82) is 0 Å². The molecule has 1 aromatic heterocycles. The number of benzene rings is 1. The zero-order valence-corrected chi connectivity index (χ0v) is 15.8. The van der Waals surface area contributed by atoms with E-state index in [1.54, 1.807) is 31.2 Å². The number of para-hydroxylation sites is 1. The number of esters is 1. The summed E-state index contributed by atoms with van der Waals surface area (Å²) in [5.74, 6) is -1.48. The quantitative estimate of drug-likeness (QED) is 0.455. The zero-order chi connectivity index (χ0) is 20.4. The molecular weight excluding hydrogens is 366 g/mol. The highest BCUT2D eigenvalue weighted by molar-refractivity contribution is 5.94. The highest BCUT2D eigenvalue weighted by Crippen LogP contribution is 2.14. The van der Waals surface area contributed by atoms with E-state index >= 15 is 0 Å². The monoisotopic (exact) mass is 389 g/mol. The average Bonchev–Trinajstić information content (AvgIpc) is 3.17. The molecule has 0 aliphatic heterocycles. The van der Waals surface area contributed by atoms with Crippen LogP contribution < -0.4 is 10.6 Å². The molecule has 0 radical (unpaired) electrons. The first-order chi connectivity index (χ1) is 13.5. The Kier molecular flexibility index (Phi) is 8.10. The molecule has 2 aromatic rings. The van der Waals surface area contributed by atoms with Gasteiger partial charge >= 0.3 is 5.97 Å². The molecule has 0 saturated heterocycles. The summed E-state index contributed by atoms with van der Waals surface area (Å²) >= 11 is 0. The van der Waals surface area contributed by atoms with Crippen LogP contribution in [-0.2, 0) is 19.1 Å². The van der Waals surface area contributed by atoms with Crippen molar-refractivity contribution in [2.24, 2.45) is 0 Å². The molecule has 2 N–H and O–H groups in total. The number of hydrogen-bond acceptors (Lipinski definition) is 7. The van der Waals surface area contributed by atoms with E-state index in [1.807, 2.05) is 6.07 Å². The highest BCUT2D eigenvalue weighted by Gasteiger charge is 2.26. The van der Waals surface area contributed by atoms with Gasteiger partial charge < -0.3 is 20.1 Å². The topological polar surface area (TPSA) is 124 Å². The molecule has 2 rings (SSSR count). The van der Waals surface area contributed by atoms with Gasteiger partial charge in [0.15, 0.2) is 5.69 Å². The van der Waals surface area contributed by atoms with Crippen molar-refractivity contribution < 1.29 is 23.9 Å². The third kappa shape index (κ3) is 6.16. The fourth-order valence-corrected chi connectivity index (χ4v) is 2.34. The molecule has 28 heavy (non-hydrogen) atoms. The molecule has 10 nitrogen and oxygen atoms in total. The molecular formula is C18H23N5O5. The van der Waals surface area contributed by atoms with Gasteiger partial charge in [0, 0.05) is 19.3 Å². The Labute approximate surface area is 162 Å². The van der Waals surface area contributed by atoms with Crippen LogP contribution in [0.3, 0.4) is 0 Å². The molecule has 1 unspecified atom stereocenters. The number of ether oxygens (including phenoxy) is 2. The number of methoxy groups -OCH3 is 1. The van der Waals surface area contributed by atoms with Crippen LogP contribution in [0.2, 0.25) is 0 Å². The first-order valence-electron chi connectivity index (χ1n) is 8.75. The van der Waals surface area contributed by atoms with Crippen LogP contribution in [-0.4, -0.2) is 59.6 Å². The van der Waals surface area contributed by atoms with Crippen LogP contribution in [0.5, 0.6) is 0 Å². The van der Waals surface area contributed by atoms with Crippen LogP contribution >= 0.6 is 0 Å². The molecule has 0 aliphatic rings. The third-order valence-corrected chi connectivity index (χ3v) is 3.66. The fraction of sp³-hybridized carbons (Fsp3) is 0.389. The molecule has 1 aromatic carbocycles. The molecule has 0 bridgehead atoms. The molecule has 1 atom stereocenters. The second-order valence-corrected chi connectivity index (χ2v) is 5.72. The number of carbonyl (C=O) groups is 3. The number of rotatable bonds is 10. The van der Waals surface area contributed by atoms with E-state index in [1.165, 1.54) is 18.0 Å². The lowest BCUT2D eigenvalue weighted by molar-refractivity contribution is -0.128. The maximum absolute atomic E-state index is 12.6. The van der Waals surface area contributed by atoms with Crippen LogP contribution in [0.15, 0.2) is 36.5 Å². The summed E-state index contributed by atoms with van der Waals surface area (Å²) < 4.78 is 11.0. The highest BCUT2D eigenvalue weighted by atomic mass is 16.5. The largest absolute Gasteiger partial charge is 0.461 e. The predicted octanol–water partition coefficient (Wildman–Crippen LogP) is 0.787. The van der Waals surface area contributed by atoms with Crippen molar-refractivity contribution >= 4 is 23.5 Å². The number of anilines is 1. The van der Waals surface area contributed by atoms with Crippen molar-refractivity contribution in [3.8, 4) is 0 Å². The molecule has 10 heteroatoms. The molecule has 0 aliphatic carbocycles. The van der Waals surface area contributed by atoms with E-state index in [2.05, 4.69) is 20.9 Å². The standard InChI is InChI=1S/C18H23N5O5/c1-3-28-18(26)14-12-23(22-21-14)15(17(25)19-9-10-27-2)11-16(24)20-13-7-5-4-6-8-13/h4-8,12,15H,3,9-11H2,1-2H3,(H,19,25)(H,20,24). The van der Waals surface area contributed by atoms with Gasteiger partial charge in [0.1, 0.15) is 6.04 Å². The van der Waals surface area contributed by atoms with Crippen molar-refractivity contribution in [1.82, 2.24) is 20.3 Å². The zero-order valence-electron chi connectivity index (χ0n) is 15.8. The number of hydrogen-bond donors (Lipinski definition) is 2. The van der Waals surface area contributed by atoms with E-state index in [4.69, 9.17) is 9.47 Å². The van der Waals surface area contributed by atoms with Gasteiger partial charge in [-0.15, -0.1) is 5.10 Å². The van der Waals surface area contributed by atoms with E-state index in [-0.39, 0.29) is 31.2 Å². The van der Waals surface area contributed by atoms with Crippen molar-refractivity contribution in [2.45, 2.75) is 19.4 Å². The minimum Gasteiger partial charge on any atom is -0.461 e. The Hall–Kier alpha value is -3.27. The minimum atomic E-state index is -0.990. The van der Waals surface area contributed by atoms with E-state index < -0.39 is 17.9 Å². The van der Waals surface area contributed by atoms with Crippen LogP contribution in [0.25, 0.3) is 0 Å². The molecule has 0 saturated carbocycles. The van der Waals surface area contributed by atoms with Crippen LogP contribution in [0, 0.1) is 0 Å². The SMILES string of the molecule is CCOC(=O)c1cn(C(CC(=O)Nc2ccccc2)C(=O)NCCOC)nn1.